The summed E-state index contributed by atoms with van der Waals surface area (Å²) in [5, 5.41) is 11.8. The van der Waals surface area contributed by atoms with E-state index in [4.69, 9.17) is 10.9 Å². The van der Waals surface area contributed by atoms with E-state index in [9.17, 15) is 0 Å². The molecule has 110 valence electrons. The third kappa shape index (κ3) is 3.19. The van der Waals surface area contributed by atoms with Gasteiger partial charge >= 0.3 is 0 Å². The van der Waals surface area contributed by atoms with Gasteiger partial charge in [0.2, 0.25) is 0 Å². The maximum Gasteiger partial charge on any atom is 0.170 e. The monoisotopic (exact) mass is 347 g/mol. The largest absolute Gasteiger partial charge is 0.409 e. The molecule has 0 unspecified atom stereocenters. The van der Waals surface area contributed by atoms with Gasteiger partial charge in [0.05, 0.1) is 5.69 Å². The Kier molecular flexibility index (Phi) is 4.85. The number of benzene rings is 2. The molecule has 0 fully saturated rings. The van der Waals surface area contributed by atoms with Crippen molar-refractivity contribution in [3.8, 4) is 0 Å². The summed E-state index contributed by atoms with van der Waals surface area (Å²) in [7, 11) is 0. The van der Waals surface area contributed by atoms with Gasteiger partial charge in [-0.3, -0.25) is 0 Å². The van der Waals surface area contributed by atoms with Crippen molar-refractivity contribution in [2.24, 2.45) is 10.9 Å². The second-order valence-corrected chi connectivity index (χ2v) is 5.54. The van der Waals surface area contributed by atoms with Crippen LogP contribution >= 0.6 is 15.9 Å². The van der Waals surface area contributed by atoms with E-state index in [-0.39, 0.29) is 5.84 Å². The second-order valence-electron chi connectivity index (χ2n) is 4.68. The number of nitrogens with two attached hydrogens (primary N) is 1. The first-order valence-electron chi connectivity index (χ1n) is 6.69. The van der Waals surface area contributed by atoms with E-state index < -0.39 is 0 Å². The Hall–Kier alpha value is -2.01. The maximum atomic E-state index is 8.76. The molecular weight excluding hydrogens is 330 g/mol. The van der Waals surface area contributed by atoms with E-state index in [0.29, 0.717) is 5.56 Å². The number of para-hydroxylation sites is 1. The van der Waals surface area contributed by atoms with Crippen LogP contribution in [-0.4, -0.2) is 17.6 Å². The molecule has 0 aliphatic carbocycles. The van der Waals surface area contributed by atoms with Gasteiger partial charge in [-0.15, -0.1) is 0 Å². The van der Waals surface area contributed by atoms with Crippen LogP contribution in [0.2, 0.25) is 0 Å². The van der Waals surface area contributed by atoms with Crippen molar-refractivity contribution in [3.63, 3.8) is 0 Å². The van der Waals surface area contributed by atoms with Crippen LogP contribution in [0, 0.1) is 6.92 Å². The van der Waals surface area contributed by atoms with Crippen LogP contribution in [0.5, 0.6) is 0 Å². The highest BCUT2D eigenvalue weighted by Gasteiger charge is 2.13. The number of oxime groups is 1. The lowest BCUT2D eigenvalue weighted by molar-refractivity contribution is 0.318. The molecule has 2 aromatic rings. The Morgan fingerprint density at radius 2 is 1.95 bits per heavy atom. The average molecular weight is 348 g/mol. The summed E-state index contributed by atoms with van der Waals surface area (Å²) in [4.78, 5) is 2.22. The summed E-state index contributed by atoms with van der Waals surface area (Å²) in [6.45, 7) is 5.04. The van der Waals surface area contributed by atoms with Gasteiger partial charge in [-0.2, -0.15) is 0 Å². The topological polar surface area (TPSA) is 61.8 Å². The fourth-order valence-electron chi connectivity index (χ4n) is 2.28. The lowest BCUT2D eigenvalue weighted by atomic mass is 10.1. The van der Waals surface area contributed by atoms with E-state index in [1.807, 2.05) is 30.3 Å². The van der Waals surface area contributed by atoms with Crippen LogP contribution in [0.25, 0.3) is 0 Å². The summed E-state index contributed by atoms with van der Waals surface area (Å²) in [5.41, 5.74) is 9.72. The number of nitrogens with zero attached hydrogens (tertiary/aromatic N) is 2. The molecule has 0 saturated carbocycles. The van der Waals surface area contributed by atoms with Crippen LogP contribution in [0.3, 0.4) is 0 Å². The molecule has 0 aliphatic heterocycles. The lowest BCUT2D eigenvalue weighted by Crippen LogP contribution is -2.18. The first-order valence-corrected chi connectivity index (χ1v) is 7.48. The fraction of sp³-hybridized carbons (Fsp3) is 0.188. The van der Waals surface area contributed by atoms with Gasteiger partial charge in [0, 0.05) is 22.3 Å². The molecule has 0 radical (unpaired) electrons. The lowest BCUT2D eigenvalue weighted by Gasteiger charge is -2.26. The molecule has 0 saturated heterocycles. The average Bonchev–Trinajstić information content (AvgIpc) is 2.50. The Morgan fingerprint density at radius 1 is 1.24 bits per heavy atom. The number of hydrogen-bond acceptors (Lipinski definition) is 3. The number of rotatable bonds is 4. The predicted molar refractivity (Wildman–Crippen MR) is 90.5 cm³/mol. The Bertz CT molecular complexity index is 670. The zero-order chi connectivity index (χ0) is 15.4. The standard InChI is InChI=1S/C16H18BrN3O/c1-3-20(14-7-5-4-6-11(14)2)15-9-8-12(10-13(15)17)16(18)19-21/h4-10,21H,3H2,1-2H3,(H2,18,19). The zero-order valence-corrected chi connectivity index (χ0v) is 13.6. The summed E-state index contributed by atoms with van der Waals surface area (Å²) >= 11 is 3.57. The minimum atomic E-state index is 0.0983. The second kappa shape index (κ2) is 6.63. The Labute approximate surface area is 133 Å². The van der Waals surface area contributed by atoms with Gasteiger partial charge in [-0.25, -0.2) is 0 Å². The number of hydrogen-bond donors (Lipinski definition) is 2. The van der Waals surface area contributed by atoms with Crippen molar-refractivity contribution in [3.05, 3.63) is 58.1 Å². The molecule has 2 aromatic carbocycles. The number of halogens is 1. The molecule has 0 amide bonds. The predicted octanol–water partition coefficient (Wildman–Crippen LogP) is 4.01. The number of aryl methyl sites for hydroxylation is 1. The molecule has 0 aliphatic rings. The molecule has 0 spiro atoms. The minimum Gasteiger partial charge on any atom is -0.409 e. The minimum absolute atomic E-state index is 0.0983. The molecule has 4 nitrogen and oxygen atoms in total. The molecule has 0 heterocycles. The first kappa shape index (κ1) is 15.4. The van der Waals surface area contributed by atoms with Crippen molar-refractivity contribution < 1.29 is 5.21 Å². The first-order chi connectivity index (χ1) is 10.1. The molecule has 5 heteroatoms. The van der Waals surface area contributed by atoms with Crippen molar-refractivity contribution >= 4 is 33.1 Å². The summed E-state index contributed by atoms with van der Waals surface area (Å²) in [6.07, 6.45) is 0. The van der Waals surface area contributed by atoms with Crippen molar-refractivity contribution in [2.45, 2.75) is 13.8 Å². The highest BCUT2D eigenvalue weighted by atomic mass is 79.9. The fourth-order valence-corrected chi connectivity index (χ4v) is 2.87. The van der Waals surface area contributed by atoms with Gasteiger partial charge in [0.15, 0.2) is 5.84 Å². The number of amidine groups is 1. The zero-order valence-electron chi connectivity index (χ0n) is 12.0. The molecule has 0 atom stereocenters. The van der Waals surface area contributed by atoms with E-state index in [2.05, 4.69) is 52.0 Å². The van der Waals surface area contributed by atoms with Gasteiger partial charge in [0.25, 0.3) is 0 Å². The molecule has 0 aromatic heterocycles. The third-order valence-corrected chi connectivity index (χ3v) is 4.00. The molecule has 21 heavy (non-hydrogen) atoms. The van der Waals surface area contributed by atoms with Crippen LogP contribution in [0.15, 0.2) is 52.1 Å². The Morgan fingerprint density at radius 3 is 2.52 bits per heavy atom. The van der Waals surface area contributed by atoms with Gasteiger partial charge in [-0.1, -0.05) is 23.4 Å². The highest BCUT2D eigenvalue weighted by molar-refractivity contribution is 9.10. The maximum absolute atomic E-state index is 8.76. The summed E-state index contributed by atoms with van der Waals surface area (Å²) < 4.78 is 0.900. The van der Waals surface area contributed by atoms with E-state index in [0.717, 1.165) is 22.4 Å². The molecule has 3 N–H and O–H groups in total. The van der Waals surface area contributed by atoms with E-state index >= 15 is 0 Å². The normalized spacial score (nSPS) is 11.5. The summed E-state index contributed by atoms with van der Waals surface area (Å²) in [6, 6.07) is 13.9. The van der Waals surface area contributed by atoms with Crippen LogP contribution < -0.4 is 10.6 Å². The van der Waals surface area contributed by atoms with Gasteiger partial charge in [0.1, 0.15) is 0 Å². The van der Waals surface area contributed by atoms with Crippen molar-refractivity contribution in [1.29, 1.82) is 0 Å². The van der Waals surface area contributed by atoms with Crippen LogP contribution in [0.4, 0.5) is 11.4 Å². The van der Waals surface area contributed by atoms with Crippen LogP contribution in [-0.2, 0) is 0 Å². The molecular formula is C16H18BrN3O. The molecule has 2 rings (SSSR count). The van der Waals surface area contributed by atoms with Gasteiger partial charge < -0.3 is 15.8 Å². The smallest absolute Gasteiger partial charge is 0.170 e. The van der Waals surface area contributed by atoms with Crippen molar-refractivity contribution in [1.82, 2.24) is 0 Å². The SMILES string of the molecule is CCN(c1ccccc1C)c1ccc(/C(N)=N/O)cc1Br. The van der Waals surface area contributed by atoms with Crippen molar-refractivity contribution in [2.75, 3.05) is 11.4 Å². The third-order valence-electron chi connectivity index (χ3n) is 3.36. The molecule has 0 bridgehead atoms. The number of anilines is 2. The van der Waals surface area contributed by atoms with E-state index in [1.165, 1.54) is 5.56 Å². The van der Waals surface area contributed by atoms with Crippen LogP contribution in [0.1, 0.15) is 18.1 Å². The Balaban J connectivity index is 2.47. The summed E-state index contributed by atoms with van der Waals surface area (Å²) in [5.74, 6) is 0.0983. The van der Waals surface area contributed by atoms with Gasteiger partial charge in [-0.05, 0) is 59.6 Å². The quantitative estimate of drug-likeness (QED) is 0.380. The highest BCUT2D eigenvalue weighted by Crippen LogP contribution is 2.34. The van der Waals surface area contributed by atoms with E-state index in [1.54, 1.807) is 0 Å².